The highest BCUT2D eigenvalue weighted by molar-refractivity contribution is 5.76. The van der Waals surface area contributed by atoms with Crippen LogP contribution in [-0.2, 0) is 11.3 Å². The van der Waals surface area contributed by atoms with Crippen molar-refractivity contribution >= 4 is 11.6 Å². The van der Waals surface area contributed by atoms with Gasteiger partial charge in [0, 0.05) is 25.1 Å². The van der Waals surface area contributed by atoms with Crippen LogP contribution in [0.4, 0.5) is 5.69 Å². The van der Waals surface area contributed by atoms with E-state index < -0.39 is 4.92 Å². The van der Waals surface area contributed by atoms with Gasteiger partial charge in [-0.15, -0.1) is 0 Å². The van der Waals surface area contributed by atoms with E-state index in [1.54, 1.807) is 12.1 Å². The number of hydrogen-bond acceptors (Lipinski definition) is 4. The number of carbonyl (C=O) groups excluding carboxylic acids is 1. The zero-order chi connectivity index (χ0) is 13.7. The predicted molar refractivity (Wildman–Crippen MR) is 70.5 cm³/mol. The Labute approximate surface area is 111 Å². The van der Waals surface area contributed by atoms with Crippen LogP contribution in [0.3, 0.4) is 0 Å². The first-order valence-electron chi connectivity index (χ1n) is 6.36. The molecule has 1 heterocycles. The van der Waals surface area contributed by atoms with Crippen molar-refractivity contribution in [2.24, 2.45) is 5.92 Å². The summed E-state index contributed by atoms with van der Waals surface area (Å²) in [5.74, 6) is 0.408. The van der Waals surface area contributed by atoms with E-state index >= 15 is 0 Å². The van der Waals surface area contributed by atoms with Crippen molar-refractivity contribution in [2.75, 3.05) is 13.1 Å². The molecule has 2 N–H and O–H groups in total. The Morgan fingerprint density at radius 1 is 1.53 bits per heavy atom. The first-order chi connectivity index (χ1) is 9.15. The van der Waals surface area contributed by atoms with Crippen LogP contribution in [0.25, 0.3) is 0 Å². The molecule has 19 heavy (non-hydrogen) atoms. The summed E-state index contributed by atoms with van der Waals surface area (Å²) in [4.78, 5) is 21.9. The Bertz CT molecular complexity index is 470. The topological polar surface area (TPSA) is 84.3 Å². The average molecular weight is 263 g/mol. The number of nitro benzene ring substituents is 1. The lowest BCUT2D eigenvalue weighted by molar-refractivity contribution is -0.384. The highest BCUT2D eigenvalue weighted by Crippen LogP contribution is 2.14. The number of amides is 1. The number of nitrogens with zero attached hydrogens (tertiary/aromatic N) is 1. The molecule has 1 amide bonds. The molecular weight excluding hydrogens is 246 g/mol. The second-order valence-electron chi connectivity index (χ2n) is 4.77. The fourth-order valence-corrected chi connectivity index (χ4v) is 2.20. The average Bonchev–Trinajstić information content (AvgIpc) is 2.89. The van der Waals surface area contributed by atoms with Gasteiger partial charge in [-0.2, -0.15) is 0 Å². The second kappa shape index (κ2) is 6.29. The van der Waals surface area contributed by atoms with E-state index in [0.717, 1.165) is 25.1 Å². The summed E-state index contributed by atoms with van der Waals surface area (Å²) < 4.78 is 0. The summed E-state index contributed by atoms with van der Waals surface area (Å²) >= 11 is 0. The second-order valence-corrected chi connectivity index (χ2v) is 4.77. The van der Waals surface area contributed by atoms with E-state index in [-0.39, 0.29) is 11.6 Å². The van der Waals surface area contributed by atoms with Gasteiger partial charge in [0.1, 0.15) is 0 Å². The predicted octanol–water partition coefficient (Wildman–Crippen LogP) is 1.21. The fourth-order valence-electron chi connectivity index (χ4n) is 2.20. The lowest BCUT2D eigenvalue weighted by atomic mass is 10.0. The molecular formula is C13H17N3O3. The molecule has 1 aromatic rings. The fraction of sp³-hybridized carbons (Fsp3) is 0.462. The van der Waals surface area contributed by atoms with Crippen molar-refractivity contribution in [2.45, 2.75) is 19.4 Å². The largest absolute Gasteiger partial charge is 0.352 e. The SMILES string of the molecule is O=C(CC1CCNC1)NCc1cccc([N+](=O)[O-])c1. The molecule has 1 saturated heterocycles. The van der Waals surface area contributed by atoms with Crippen molar-refractivity contribution in [1.29, 1.82) is 0 Å². The van der Waals surface area contributed by atoms with Crippen LogP contribution in [0.15, 0.2) is 24.3 Å². The van der Waals surface area contributed by atoms with Crippen molar-refractivity contribution < 1.29 is 9.72 Å². The number of nitro groups is 1. The zero-order valence-electron chi connectivity index (χ0n) is 10.6. The maximum Gasteiger partial charge on any atom is 0.269 e. The van der Waals surface area contributed by atoms with Gasteiger partial charge in [-0.05, 0) is 31.0 Å². The molecule has 1 atom stereocenters. The Kier molecular flexibility index (Phi) is 4.46. The summed E-state index contributed by atoms with van der Waals surface area (Å²) in [6.45, 7) is 2.20. The summed E-state index contributed by atoms with van der Waals surface area (Å²) in [7, 11) is 0. The maximum atomic E-state index is 11.7. The quantitative estimate of drug-likeness (QED) is 0.617. The molecule has 6 nitrogen and oxygen atoms in total. The van der Waals surface area contributed by atoms with Crippen LogP contribution >= 0.6 is 0 Å². The lowest BCUT2D eigenvalue weighted by Gasteiger charge is -2.09. The van der Waals surface area contributed by atoms with E-state index in [1.165, 1.54) is 12.1 Å². The van der Waals surface area contributed by atoms with Crippen LogP contribution in [0.1, 0.15) is 18.4 Å². The summed E-state index contributed by atoms with van der Waals surface area (Å²) in [6, 6.07) is 6.32. The van der Waals surface area contributed by atoms with E-state index in [1.807, 2.05) is 0 Å². The molecule has 0 spiro atoms. The molecule has 1 unspecified atom stereocenters. The van der Waals surface area contributed by atoms with Crippen LogP contribution < -0.4 is 10.6 Å². The van der Waals surface area contributed by atoms with Gasteiger partial charge in [-0.3, -0.25) is 14.9 Å². The van der Waals surface area contributed by atoms with E-state index in [4.69, 9.17) is 0 Å². The third-order valence-electron chi connectivity index (χ3n) is 3.25. The van der Waals surface area contributed by atoms with Gasteiger partial charge >= 0.3 is 0 Å². The van der Waals surface area contributed by atoms with E-state index in [2.05, 4.69) is 10.6 Å². The van der Waals surface area contributed by atoms with Gasteiger partial charge in [0.2, 0.25) is 5.91 Å². The highest BCUT2D eigenvalue weighted by Gasteiger charge is 2.17. The number of carbonyl (C=O) groups is 1. The molecule has 1 aromatic carbocycles. The molecule has 0 radical (unpaired) electrons. The number of non-ortho nitro benzene ring substituents is 1. The van der Waals surface area contributed by atoms with Crippen LogP contribution in [0.2, 0.25) is 0 Å². The molecule has 102 valence electrons. The molecule has 1 aliphatic rings. The van der Waals surface area contributed by atoms with E-state index in [0.29, 0.717) is 18.9 Å². The first kappa shape index (κ1) is 13.5. The Balaban J connectivity index is 1.82. The Hall–Kier alpha value is -1.95. The third-order valence-corrected chi connectivity index (χ3v) is 3.25. The van der Waals surface area contributed by atoms with Gasteiger partial charge in [0.25, 0.3) is 5.69 Å². The van der Waals surface area contributed by atoms with Crippen LogP contribution in [0, 0.1) is 16.0 Å². The molecule has 0 aliphatic carbocycles. The number of benzene rings is 1. The number of nitrogens with one attached hydrogen (secondary N) is 2. The van der Waals surface area contributed by atoms with Gasteiger partial charge in [-0.1, -0.05) is 12.1 Å². The molecule has 2 rings (SSSR count). The molecule has 1 fully saturated rings. The molecule has 1 aliphatic heterocycles. The van der Waals surface area contributed by atoms with Gasteiger partial charge < -0.3 is 10.6 Å². The minimum Gasteiger partial charge on any atom is -0.352 e. The summed E-state index contributed by atoms with van der Waals surface area (Å²) in [5.41, 5.74) is 0.791. The third kappa shape index (κ3) is 4.03. The zero-order valence-corrected chi connectivity index (χ0v) is 10.6. The Morgan fingerprint density at radius 3 is 3.05 bits per heavy atom. The van der Waals surface area contributed by atoms with Crippen LogP contribution in [0.5, 0.6) is 0 Å². The van der Waals surface area contributed by atoms with Gasteiger partial charge in [0.05, 0.1) is 4.92 Å². The van der Waals surface area contributed by atoms with Crippen molar-refractivity contribution in [3.05, 3.63) is 39.9 Å². The van der Waals surface area contributed by atoms with Crippen LogP contribution in [-0.4, -0.2) is 23.9 Å². The lowest BCUT2D eigenvalue weighted by Crippen LogP contribution is -2.25. The first-order valence-corrected chi connectivity index (χ1v) is 6.36. The van der Waals surface area contributed by atoms with Gasteiger partial charge in [0.15, 0.2) is 0 Å². The van der Waals surface area contributed by atoms with E-state index in [9.17, 15) is 14.9 Å². The van der Waals surface area contributed by atoms with Gasteiger partial charge in [-0.25, -0.2) is 0 Å². The summed E-state index contributed by atoms with van der Waals surface area (Å²) in [5, 5.41) is 16.7. The molecule has 0 bridgehead atoms. The minimum atomic E-state index is -0.435. The Morgan fingerprint density at radius 2 is 2.37 bits per heavy atom. The van der Waals surface area contributed by atoms with Crippen molar-refractivity contribution in [3.63, 3.8) is 0 Å². The smallest absolute Gasteiger partial charge is 0.269 e. The highest BCUT2D eigenvalue weighted by atomic mass is 16.6. The standard InChI is InChI=1S/C13H17N3O3/c17-13(7-11-4-5-14-8-11)15-9-10-2-1-3-12(6-10)16(18)19/h1-3,6,11,14H,4-5,7-9H2,(H,15,17). The van der Waals surface area contributed by atoms with Crippen molar-refractivity contribution in [3.8, 4) is 0 Å². The molecule has 6 heteroatoms. The number of hydrogen-bond donors (Lipinski definition) is 2. The number of rotatable bonds is 5. The maximum absolute atomic E-state index is 11.7. The minimum absolute atomic E-state index is 0.000191. The van der Waals surface area contributed by atoms with Crippen molar-refractivity contribution in [1.82, 2.24) is 10.6 Å². The monoisotopic (exact) mass is 263 g/mol. The molecule has 0 aromatic heterocycles. The normalized spacial score (nSPS) is 18.2. The summed E-state index contributed by atoms with van der Waals surface area (Å²) in [6.07, 6.45) is 1.55. The molecule has 0 saturated carbocycles.